The van der Waals surface area contributed by atoms with Crippen LogP contribution in [0.25, 0.3) is 0 Å². The molecule has 0 saturated carbocycles. The van der Waals surface area contributed by atoms with Crippen LogP contribution in [0, 0.1) is 6.92 Å². The fraction of sp³-hybridized carbons (Fsp3) is 0.778. The second kappa shape index (κ2) is 7.66. The van der Waals surface area contributed by atoms with E-state index in [9.17, 15) is 4.79 Å². The SMILES string of the molecule is Cc1cnc([C@@H]2CCCN(C(=O)CN3CCN(C(C)C)CC3)C2)[nH]1. The molecule has 6 heteroatoms. The van der Waals surface area contributed by atoms with Gasteiger partial charge in [0.25, 0.3) is 0 Å². The molecule has 0 unspecified atom stereocenters. The van der Waals surface area contributed by atoms with E-state index in [-0.39, 0.29) is 5.91 Å². The number of nitrogens with zero attached hydrogens (tertiary/aromatic N) is 4. The molecule has 1 N–H and O–H groups in total. The van der Waals surface area contributed by atoms with Crippen molar-refractivity contribution in [3.05, 3.63) is 17.7 Å². The molecular formula is C18H31N5O. The van der Waals surface area contributed by atoms with Gasteiger partial charge >= 0.3 is 0 Å². The molecule has 0 spiro atoms. The van der Waals surface area contributed by atoms with Gasteiger partial charge in [-0.25, -0.2) is 4.98 Å². The van der Waals surface area contributed by atoms with Gasteiger partial charge in [0.15, 0.2) is 0 Å². The van der Waals surface area contributed by atoms with E-state index in [1.54, 1.807) is 0 Å². The second-order valence-corrected chi connectivity index (χ2v) is 7.54. The van der Waals surface area contributed by atoms with Crippen molar-refractivity contribution in [2.75, 3.05) is 45.8 Å². The lowest BCUT2D eigenvalue weighted by atomic mass is 9.97. The Morgan fingerprint density at radius 2 is 2.04 bits per heavy atom. The number of piperazine rings is 1. The maximum atomic E-state index is 12.7. The number of hydrogen-bond acceptors (Lipinski definition) is 4. The minimum Gasteiger partial charge on any atom is -0.346 e. The zero-order chi connectivity index (χ0) is 17.1. The first-order valence-electron chi connectivity index (χ1n) is 9.28. The first kappa shape index (κ1) is 17.4. The fourth-order valence-electron chi connectivity index (χ4n) is 3.80. The monoisotopic (exact) mass is 333 g/mol. The van der Waals surface area contributed by atoms with Crippen molar-refractivity contribution >= 4 is 5.91 Å². The Balaban J connectivity index is 1.50. The molecule has 3 rings (SSSR count). The van der Waals surface area contributed by atoms with Gasteiger partial charge in [-0.3, -0.25) is 14.6 Å². The highest BCUT2D eigenvalue weighted by Gasteiger charge is 2.28. The number of nitrogens with one attached hydrogen (secondary N) is 1. The summed E-state index contributed by atoms with van der Waals surface area (Å²) in [4.78, 5) is 27.3. The lowest BCUT2D eigenvalue weighted by Gasteiger charge is -2.38. The van der Waals surface area contributed by atoms with E-state index in [1.807, 2.05) is 18.0 Å². The van der Waals surface area contributed by atoms with Crippen LogP contribution in [-0.2, 0) is 4.79 Å². The third kappa shape index (κ3) is 4.16. The molecule has 0 aromatic carbocycles. The topological polar surface area (TPSA) is 55.5 Å². The minimum absolute atomic E-state index is 0.279. The molecule has 2 aliphatic heterocycles. The van der Waals surface area contributed by atoms with Crippen molar-refractivity contribution in [3.63, 3.8) is 0 Å². The molecule has 0 radical (unpaired) electrons. The molecule has 1 atom stereocenters. The average Bonchev–Trinajstić information content (AvgIpc) is 3.02. The second-order valence-electron chi connectivity index (χ2n) is 7.54. The zero-order valence-corrected chi connectivity index (χ0v) is 15.3. The van der Waals surface area contributed by atoms with Crippen LogP contribution >= 0.6 is 0 Å². The number of rotatable bonds is 4. The van der Waals surface area contributed by atoms with Crippen molar-refractivity contribution in [3.8, 4) is 0 Å². The predicted molar refractivity (Wildman–Crippen MR) is 95.0 cm³/mol. The Labute approximate surface area is 145 Å². The maximum Gasteiger partial charge on any atom is 0.236 e. The minimum atomic E-state index is 0.279. The number of likely N-dealkylation sites (tertiary alicyclic amines) is 1. The molecule has 0 aliphatic carbocycles. The maximum absolute atomic E-state index is 12.7. The number of hydrogen-bond donors (Lipinski definition) is 1. The number of piperidine rings is 1. The van der Waals surface area contributed by atoms with Crippen molar-refractivity contribution in [2.24, 2.45) is 0 Å². The molecule has 6 nitrogen and oxygen atoms in total. The van der Waals surface area contributed by atoms with Gasteiger partial charge in [0.2, 0.25) is 5.91 Å². The smallest absolute Gasteiger partial charge is 0.236 e. The lowest BCUT2D eigenvalue weighted by Crippen LogP contribution is -2.52. The largest absolute Gasteiger partial charge is 0.346 e. The summed E-state index contributed by atoms with van der Waals surface area (Å²) in [6.07, 6.45) is 4.06. The van der Waals surface area contributed by atoms with Crippen LogP contribution in [0.1, 0.15) is 44.1 Å². The first-order valence-corrected chi connectivity index (χ1v) is 9.28. The van der Waals surface area contributed by atoms with Crippen molar-refractivity contribution in [2.45, 2.75) is 45.6 Å². The van der Waals surface area contributed by atoms with Gasteiger partial charge in [-0.1, -0.05) is 0 Å². The van der Waals surface area contributed by atoms with Crippen molar-refractivity contribution in [1.82, 2.24) is 24.7 Å². The molecule has 1 aromatic heterocycles. The molecule has 134 valence electrons. The van der Waals surface area contributed by atoms with Gasteiger partial charge in [-0.15, -0.1) is 0 Å². The summed E-state index contributed by atoms with van der Waals surface area (Å²) >= 11 is 0. The van der Waals surface area contributed by atoms with Crippen molar-refractivity contribution < 1.29 is 4.79 Å². The van der Waals surface area contributed by atoms with Gasteiger partial charge in [-0.2, -0.15) is 0 Å². The van der Waals surface area contributed by atoms with Crippen molar-refractivity contribution in [1.29, 1.82) is 0 Å². The Hall–Kier alpha value is -1.40. The average molecular weight is 333 g/mol. The third-order valence-electron chi connectivity index (χ3n) is 5.38. The van der Waals surface area contributed by atoms with Crippen LogP contribution < -0.4 is 0 Å². The predicted octanol–water partition coefficient (Wildman–Crippen LogP) is 1.45. The summed E-state index contributed by atoms with van der Waals surface area (Å²) in [7, 11) is 0. The van der Waals surface area contributed by atoms with Gasteiger partial charge in [-0.05, 0) is 33.6 Å². The number of amides is 1. The third-order valence-corrected chi connectivity index (χ3v) is 5.38. The number of aromatic amines is 1. The van der Waals surface area contributed by atoms with E-state index in [0.717, 1.165) is 63.6 Å². The molecule has 1 aromatic rings. The van der Waals surface area contributed by atoms with Crippen LogP contribution in [0.15, 0.2) is 6.20 Å². The highest BCUT2D eigenvalue weighted by Crippen LogP contribution is 2.25. The van der Waals surface area contributed by atoms with E-state index >= 15 is 0 Å². The van der Waals surface area contributed by atoms with E-state index in [4.69, 9.17) is 0 Å². The van der Waals surface area contributed by atoms with E-state index in [1.165, 1.54) is 0 Å². The number of aryl methyl sites for hydroxylation is 1. The summed E-state index contributed by atoms with van der Waals surface area (Å²) in [5.41, 5.74) is 1.09. The lowest BCUT2D eigenvalue weighted by molar-refractivity contribution is -0.134. The van der Waals surface area contributed by atoms with E-state index < -0.39 is 0 Å². The van der Waals surface area contributed by atoms with Crippen LogP contribution in [0.4, 0.5) is 0 Å². The highest BCUT2D eigenvalue weighted by molar-refractivity contribution is 5.78. The standard InChI is InChI=1S/C18H31N5O/c1-14(2)22-9-7-21(8-10-22)13-17(24)23-6-4-5-16(12-23)18-19-11-15(3)20-18/h11,14,16H,4-10,12-13H2,1-3H3,(H,19,20)/t16-/m1/s1. The van der Waals surface area contributed by atoms with Gasteiger partial charge in [0.05, 0.1) is 6.54 Å². The fourth-order valence-corrected chi connectivity index (χ4v) is 3.80. The molecule has 2 fully saturated rings. The first-order chi connectivity index (χ1) is 11.5. The zero-order valence-electron chi connectivity index (χ0n) is 15.3. The van der Waals surface area contributed by atoms with Gasteiger partial charge in [0.1, 0.15) is 5.82 Å². The summed E-state index contributed by atoms with van der Waals surface area (Å²) in [5, 5.41) is 0. The number of carbonyl (C=O) groups excluding carboxylic acids is 1. The number of aromatic nitrogens is 2. The summed E-state index contributed by atoms with van der Waals surface area (Å²) in [6.45, 7) is 12.9. The van der Waals surface area contributed by atoms with Crippen LogP contribution in [0.3, 0.4) is 0 Å². The molecule has 2 saturated heterocycles. The molecule has 2 aliphatic rings. The number of imidazole rings is 1. The number of carbonyl (C=O) groups is 1. The summed E-state index contributed by atoms with van der Waals surface area (Å²) in [6, 6.07) is 0.599. The molecule has 0 bridgehead atoms. The Kier molecular flexibility index (Phi) is 5.56. The quantitative estimate of drug-likeness (QED) is 0.906. The highest BCUT2D eigenvalue weighted by atomic mass is 16.2. The van der Waals surface area contributed by atoms with Crippen LogP contribution in [0.2, 0.25) is 0 Å². The van der Waals surface area contributed by atoms with Crippen LogP contribution in [-0.4, -0.2) is 82.4 Å². The molecule has 24 heavy (non-hydrogen) atoms. The van der Waals surface area contributed by atoms with Crippen LogP contribution in [0.5, 0.6) is 0 Å². The summed E-state index contributed by atoms with van der Waals surface area (Å²) < 4.78 is 0. The summed E-state index contributed by atoms with van der Waals surface area (Å²) in [5.74, 6) is 1.67. The van der Waals surface area contributed by atoms with Gasteiger partial charge in [0, 0.05) is 63.1 Å². The molecule has 3 heterocycles. The van der Waals surface area contributed by atoms with E-state index in [0.29, 0.717) is 18.5 Å². The normalized spacial score (nSPS) is 23.8. The Bertz CT molecular complexity index is 547. The van der Waals surface area contributed by atoms with Gasteiger partial charge < -0.3 is 9.88 Å². The number of H-pyrrole nitrogens is 1. The van der Waals surface area contributed by atoms with E-state index in [2.05, 4.69) is 33.6 Å². The Morgan fingerprint density at radius 1 is 1.29 bits per heavy atom. The Morgan fingerprint density at radius 3 is 2.67 bits per heavy atom. The molecule has 1 amide bonds. The molecular weight excluding hydrogens is 302 g/mol.